The highest BCUT2D eigenvalue weighted by atomic mass is 35.5. The molecule has 1 saturated heterocycles. The van der Waals surface area contributed by atoms with Gasteiger partial charge in [0, 0.05) is 61.6 Å². The van der Waals surface area contributed by atoms with E-state index in [0.29, 0.717) is 31.3 Å². The Labute approximate surface area is 253 Å². The van der Waals surface area contributed by atoms with E-state index in [1.165, 1.54) is 11.1 Å². The van der Waals surface area contributed by atoms with Crippen molar-refractivity contribution >= 4 is 48.9 Å². The number of aliphatic hydroxyl groups excluding tert-OH is 1. The van der Waals surface area contributed by atoms with Gasteiger partial charge in [0.05, 0.1) is 11.7 Å². The summed E-state index contributed by atoms with van der Waals surface area (Å²) in [6.07, 6.45) is 7.32. The van der Waals surface area contributed by atoms with E-state index >= 15 is 0 Å². The highest BCUT2D eigenvalue weighted by Gasteiger charge is 2.21. The van der Waals surface area contributed by atoms with Crippen molar-refractivity contribution in [3.8, 4) is 11.5 Å². The van der Waals surface area contributed by atoms with Crippen LogP contribution in [0, 0.1) is 0 Å². The lowest BCUT2D eigenvalue weighted by molar-refractivity contribution is 0.0696. The van der Waals surface area contributed by atoms with Crippen LogP contribution in [-0.2, 0) is 17.6 Å². The van der Waals surface area contributed by atoms with Gasteiger partial charge in [-0.3, -0.25) is 4.98 Å². The first-order valence-corrected chi connectivity index (χ1v) is 12.9. The number of rotatable bonds is 9. The molecule has 1 fully saturated rings. The second-order valence-corrected chi connectivity index (χ2v) is 9.76. The number of halogens is 3. The van der Waals surface area contributed by atoms with E-state index in [0.717, 1.165) is 43.4 Å². The number of benzene rings is 2. The lowest BCUT2D eigenvalue weighted by Crippen LogP contribution is -2.37. The lowest BCUT2D eigenvalue weighted by Gasteiger charge is -2.27. The van der Waals surface area contributed by atoms with Crippen molar-refractivity contribution in [3.05, 3.63) is 83.2 Å². The van der Waals surface area contributed by atoms with Crippen LogP contribution in [0.15, 0.2) is 60.9 Å². The minimum Gasteiger partial charge on any atom is -0.478 e. The van der Waals surface area contributed by atoms with Gasteiger partial charge in [-0.15, -0.1) is 37.2 Å². The summed E-state index contributed by atoms with van der Waals surface area (Å²) in [5.74, 6) is 0.169. The molecule has 40 heavy (non-hydrogen) atoms. The molecular formula is C29H36Cl3N3O5. The first-order chi connectivity index (χ1) is 18.0. The predicted octanol–water partition coefficient (Wildman–Crippen LogP) is 5.61. The maximum atomic E-state index is 11.7. The van der Waals surface area contributed by atoms with Crippen LogP contribution in [0.1, 0.15) is 52.4 Å². The van der Waals surface area contributed by atoms with Gasteiger partial charge in [-0.2, -0.15) is 0 Å². The Balaban J connectivity index is 0.00000187. The maximum Gasteiger partial charge on any atom is 0.335 e. The Kier molecular flexibility index (Phi) is 13.4. The SMILES string of the molecule is Cl.Cl.Cl.O=C(O)c1cc(NC2CCOCC2)cc(Oc2ccc3c(c2)C[C@@H](NC[C@H](O)c2cccnc2)CC3)c1. The average Bonchev–Trinajstić information content (AvgIpc) is 2.92. The highest BCUT2D eigenvalue weighted by Crippen LogP contribution is 2.31. The lowest BCUT2D eigenvalue weighted by atomic mass is 9.88. The van der Waals surface area contributed by atoms with Crippen molar-refractivity contribution in [3.63, 3.8) is 0 Å². The van der Waals surface area contributed by atoms with E-state index in [1.54, 1.807) is 24.5 Å². The standard InChI is InChI=1S/C29H33N3O5.3ClH/c33-28(20-2-1-9-30-17-20)18-31-24-5-3-19-4-6-26(14-21(19)12-24)37-27-15-22(29(34)35)13-25(16-27)32-23-7-10-36-11-8-23;;;/h1-2,4,6,9,13-17,23-24,28,31-33H,3,5,7-8,10-12,18H2,(H,34,35);3*1H/t24-,28-;;;/m0.../s1. The molecule has 8 nitrogen and oxygen atoms in total. The van der Waals surface area contributed by atoms with Crippen molar-refractivity contribution in [2.45, 2.75) is 50.3 Å². The molecule has 0 spiro atoms. The third kappa shape index (κ3) is 8.96. The monoisotopic (exact) mass is 611 g/mol. The number of anilines is 1. The Morgan fingerprint density at radius 3 is 2.52 bits per heavy atom. The fourth-order valence-corrected chi connectivity index (χ4v) is 5.02. The Hall–Kier alpha value is -2.59. The van der Waals surface area contributed by atoms with Gasteiger partial charge in [-0.1, -0.05) is 12.1 Å². The molecule has 0 unspecified atom stereocenters. The van der Waals surface area contributed by atoms with Gasteiger partial charge in [-0.05, 0) is 73.6 Å². The minimum atomic E-state index is -0.992. The predicted molar refractivity (Wildman–Crippen MR) is 162 cm³/mol. The molecule has 1 aromatic heterocycles. The van der Waals surface area contributed by atoms with Gasteiger partial charge in [0.2, 0.25) is 0 Å². The summed E-state index contributed by atoms with van der Waals surface area (Å²) in [5.41, 5.74) is 4.21. The number of carboxylic acids is 1. The van der Waals surface area contributed by atoms with Crippen LogP contribution in [-0.4, -0.2) is 53.0 Å². The minimum absolute atomic E-state index is 0. The molecule has 218 valence electrons. The van der Waals surface area contributed by atoms with Crippen LogP contribution in [0.25, 0.3) is 0 Å². The number of carboxylic acid groups (broad SMARTS) is 1. The summed E-state index contributed by atoms with van der Waals surface area (Å²) in [7, 11) is 0. The van der Waals surface area contributed by atoms with Crippen LogP contribution >= 0.6 is 37.2 Å². The van der Waals surface area contributed by atoms with Gasteiger partial charge < -0.3 is 30.3 Å². The quantitative estimate of drug-likeness (QED) is 0.247. The van der Waals surface area contributed by atoms with Crippen LogP contribution in [0.2, 0.25) is 0 Å². The van der Waals surface area contributed by atoms with E-state index < -0.39 is 12.1 Å². The second kappa shape index (κ2) is 16.0. The van der Waals surface area contributed by atoms with E-state index in [-0.39, 0.29) is 54.9 Å². The molecule has 5 rings (SSSR count). The number of aliphatic hydroxyl groups is 1. The molecule has 0 bridgehead atoms. The fourth-order valence-electron chi connectivity index (χ4n) is 5.02. The third-order valence-electron chi connectivity index (χ3n) is 7.06. The molecule has 2 atom stereocenters. The second-order valence-electron chi connectivity index (χ2n) is 9.76. The molecule has 2 aliphatic rings. The number of aromatic carboxylic acids is 1. The molecule has 0 saturated carbocycles. The normalized spacial score (nSPS) is 17.2. The molecular weight excluding hydrogens is 577 g/mol. The number of hydrogen-bond donors (Lipinski definition) is 4. The number of hydrogen-bond acceptors (Lipinski definition) is 7. The van der Waals surface area contributed by atoms with Crippen LogP contribution in [0.5, 0.6) is 11.5 Å². The maximum absolute atomic E-state index is 11.7. The van der Waals surface area contributed by atoms with Gasteiger partial charge >= 0.3 is 5.97 Å². The number of nitrogens with one attached hydrogen (secondary N) is 2. The molecule has 11 heteroatoms. The molecule has 1 aliphatic carbocycles. The Morgan fingerprint density at radius 2 is 1.80 bits per heavy atom. The van der Waals surface area contributed by atoms with E-state index in [1.807, 2.05) is 30.3 Å². The molecule has 2 heterocycles. The summed E-state index contributed by atoms with van der Waals surface area (Å²) in [4.78, 5) is 15.8. The molecule has 1 aliphatic heterocycles. The van der Waals surface area contributed by atoms with Crippen molar-refractivity contribution < 1.29 is 24.5 Å². The number of nitrogens with zero attached hydrogens (tertiary/aromatic N) is 1. The summed E-state index contributed by atoms with van der Waals surface area (Å²) in [5, 5.41) is 27.0. The van der Waals surface area contributed by atoms with E-state index in [4.69, 9.17) is 9.47 Å². The summed E-state index contributed by atoms with van der Waals surface area (Å²) < 4.78 is 11.6. The van der Waals surface area contributed by atoms with Crippen molar-refractivity contribution in [2.24, 2.45) is 0 Å². The number of ether oxygens (including phenoxy) is 2. The van der Waals surface area contributed by atoms with Gasteiger partial charge in [0.15, 0.2) is 0 Å². The molecule has 3 aromatic rings. The summed E-state index contributed by atoms with van der Waals surface area (Å²) >= 11 is 0. The molecule has 0 amide bonds. The Morgan fingerprint density at radius 1 is 1.00 bits per heavy atom. The summed E-state index contributed by atoms with van der Waals surface area (Å²) in [6, 6.07) is 15.3. The van der Waals surface area contributed by atoms with Crippen molar-refractivity contribution in [1.82, 2.24) is 10.3 Å². The van der Waals surface area contributed by atoms with Gasteiger partial charge in [-0.25, -0.2) is 4.79 Å². The number of fused-ring (bicyclic) bond motifs is 1. The first kappa shape index (κ1) is 33.6. The zero-order chi connectivity index (χ0) is 25.6. The topological polar surface area (TPSA) is 113 Å². The van der Waals surface area contributed by atoms with Crippen LogP contribution in [0.3, 0.4) is 0 Å². The number of aryl methyl sites for hydroxylation is 1. The van der Waals surface area contributed by atoms with Crippen molar-refractivity contribution in [2.75, 3.05) is 25.1 Å². The average molecular weight is 613 g/mol. The smallest absolute Gasteiger partial charge is 0.335 e. The van der Waals surface area contributed by atoms with Crippen LogP contribution in [0.4, 0.5) is 5.69 Å². The number of aromatic nitrogens is 1. The first-order valence-electron chi connectivity index (χ1n) is 12.9. The van der Waals surface area contributed by atoms with Gasteiger partial charge in [0.1, 0.15) is 11.5 Å². The van der Waals surface area contributed by atoms with E-state index in [2.05, 4.69) is 21.7 Å². The zero-order valence-electron chi connectivity index (χ0n) is 22.0. The van der Waals surface area contributed by atoms with Crippen LogP contribution < -0.4 is 15.4 Å². The molecule has 4 N–H and O–H groups in total. The zero-order valence-corrected chi connectivity index (χ0v) is 24.4. The van der Waals surface area contributed by atoms with Crippen molar-refractivity contribution in [1.29, 1.82) is 0 Å². The van der Waals surface area contributed by atoms with Gasteiger partial charge in [0.25, 0.3) is 0 Å². The fraction of sp³-hybridized carbons (Fsp3) is 0.379. The molecule has 2 aromatic carbocycles. The third-order valence-corrected chi connectivity index (χ3v) is 7.06. The number of pyridine rings is 1. The van der Waals surface area contributed by atoms with E-state index in [9.17, 15) is 15.0 Å². The Bertz CT molecular complexity index is 1230. The number of carbonyl (C=O) groups is 1. The highest BCUT2D eigenvalue weighted by molar-refractivity contribution is 5.89. The molecule has 0 radical (unpaired) electrons. The summed E-state index contributed by atoms with van der Waals surface area (Å²) in [6.45, 7) is 1.87. The largest absolute Gasteiger partial charge is 0.478 e.